The second-order valence-electron chi connectivity index (χ2n) is 4.12. The highest BCUT2D eigenvalue weighted by molar-refractivity contribution is 7.93. The highest BCUT2D eigenvalue weighted by atomic mass is 35.5. The summed E-state index contributed by atoms with van der Waals surface area (Å²) in [5.74, 6) is -0.182. The van der Waals surface area contributed by atoms with Gasteiger partial charge >= 0.3 is 0 Å². The van der Waals surface area contributed by atoms with Crippen molar-refractivity contribution in [3.63, 3.8) is 0 Å². The summed E-state index contributed by atoms with van der Waals surface area (Å²) < 4.78 is 31.7. The molecule has 1 aliphatic heterocycles. The summed E-state index contributed by atoms with van der Waals surface area (Å²) in [7, 11) is -3.50. The molecular formula is C11H14ClNO4S. The van der Waals surface area contributed by atoms with Crippen LogP contribution in [-0.4, -0.2) is 32.0 Å². The first-order valence-corrected chi connectivity index (χ1v) is 7.49. The SMILES string of the molecule is O=S(=O)(Nc1ccc(Cl)cc1O)C1CCOCC1. The molecule has 18 heavy (non-hydrogen) atoms. The lowest BCUT2D eigenvalue weighted by Gasteiger charge is -2.23. The third kappa shape index (κ3) is 3.07. The summed E-state index contributed by atoms with van der Waals surface area (Å²) in [6.45, 7) is 0.885. The Bertz CT molecular complexity index is 526. The second kappa shape index (κ2) is 5.34. The van der Waals surface area contributed by atoms with Crippen LogP contribution in [0.4, 0.5) is 5.69 Å². The Labute approximate surface area is 111 Å². The van der Waals surface area contributed by atoms with Crippen LogP contribution in [0.2, 0.25) is 5.02 Å². The van der Waals surface area contributed by atoms with E-state index in [9.17, 15) is 13.5 Å². The molecule has 1 aromatic carbocycles. The molecule has 0 amide bonds. The van der Waals surface area contributed by atoms with Crippen molar-refractivity contribution in [1.29, 1.82) is 0 Å². The van der Waals surface area contributed by atoms with E-state index in [-0.39, 0.29) is 11.4 Å². The summed E-state index contributed by atoms with van der Waals surface area (Å²) in [6, 6.07) is 4.25. The minimum atomic E-state index is -3.50. The van der Waals surface area contributed by atoms with Gasteiger partial charge in [-0.15, -0.1) is 0 Å². The predicted octanol–water partition coefficient (Wildman–Crippen LogP) is 1.97. The molecule has 0 bridgehead atoms. The summed E-state index contributed by atoms with van der Waals surface area (Å²) in [6.07, 6.45) is 0.924. The smallest absolute Gasteiger partial charge is 0.235 e. The fourth-order valence-corrected chi connectivity index (χ4v) is 3.44. The van der Waals surface area contributed by atoms with Crippen molar-refractivity contribution < 1.29 is 18.3 Å². The van der Waals surface area contributed by atoms with Gasteiger partial charge in [-0.3, -0.25) is 4.72 Å². The number of phenols is 1. The van der Waals surface area contributed by atoms with Gasteiger partial charge in [0.05, 0.1) is 10.9 Å². The van der Waals surface area contributed by atoms with E-state index in [1.54, 1.807) is 0 Å². The van der Waals surface area contributed by atoms with Crippen LogP contribution in [0.5, 0.6) is 5.75 Å². The van der Waals surface area contributed by atoms with Crippen molar-refractivity contribution in [3.05, 3.63) is 23.2 Å². The molecule has 0 aromatic heterocycles. The molecule has 1 aromatic rings. The van der Waals surface area contributed by atoms with Crippen LogP contribution in [0.3, 0.4) is 0 Å². The average molecular weight is 292 g/mol. The minimum absolute atomic E-state index is 0.144. The molecule has 0 atom stereocenters. The van der Waals surface area contributed by atoms with Gasteiger partial charge in [0.15, 0.2) is 0 Å². The lowest BCUT2D eigenvalue weighted by Crippen LogP contribution is -2.33. The Hall–Kier alpha value is -0.980. The van der Waals surface area contributed by atoms with E-state index < -0.39 is 15.3 Å². The Balaban J connectivity index is 2.16. The average Bonchev–Trinajstić information content (AvgIpc) is 2.34. The Morgan fingerprint density at radius 1 is 1.33 bits per heavy atom. The topological polar surface area (TPSA) is 75.6 Å². The van der Waals surface area contributed by atoms with Crippen LogP contribution in [0.25, 0.3) is 0 Å². The first-order valence-electron chi connectivity index (χ1n) is 5.57. The van der Waals surface area contributed by atoms with Crippen LogP contribution >= 0.6 is 11.6 Å². The van der Waals surface area contributed by atoms with Gasteiger partial charge in [0.1, 0.15) is 5.75 Å². The molecule has 7 heteroatoms. The van der Waals surface area contributed by atoms with E-state index in [1.165, 1.54) is 18.2 Å². The van der Waals surface area contributed by atoms with Crippen molar-refractivity contribution in [2.45, 2.75) is 18.1 Å². The molecule has 1 aliphatic rings. The van der Waals surface area contributed by atoms with Crippen LogP contribution < -0.4 is 4.72 Å². The van der Waals surface area contributed by atoms with Crippen molar-refractivity contribution in [2.24, 2.45) is 0 Å². The fourth-order valence-electron chi connectivity index (χ4n) is 1.81. The molecule has 0 radical (unpaired) electrons. The summed E-state index contributed by atoms with van der Waals surface area (Å²) in [4.78, 5) is 0. The van der Waals surface area contributed by atoms with Gasteiger partial charge in [0.2, 0.25) is 10.0 Å². The van der Waals surface area contributed by atoms with E-state index >= 15 is 0 Å². The number of ether oxygens (including phenoxy) is 1. The van der Waals surface area contributed by atoms with E-state index in [4.69, 9.17) is 16.3 Å². The molecule has 5 nitrogen and oxygen atoms in total. The Morgan fingerprint density at radius 3 is 2.61 bits per heavy atom. The van der Waals surface area contributed by atoms with Gasteiger partial charge in [0, 0.05) is 24.3 Å². The summed E-state index contributed by atoms with van der Waals surface area (Å²) in [5.41, 5.74) is 0.144. The number of phenolic OH excluding ortho intramolecular Hbond substituents is 1. The third-order valence-electron chi connectivity index (χ3n) is 2.82. The molecule has 1 fully saturated rings. The first kappa shape index (κ1) is 13.5. The zero-order valence-electron chi connectivity index (χ0n) is 9.60. The van der Waals surface area contributed by atoms with Crippen LogP contribution in [-0.2, 0) is 14.8 Å². The monoisotopic (exact) mass is 291 g/mol. The molecule has 0 saturated carbocycles. The molecule has 1 heterocycles. The van der Waals surface area contributed by atoms with Crippen LogP contribution in [0.15, 0.2) is 18.2 Å². The predicted molar refractivity (Wildman–Crippen MR) is 69.5 cm³/mol. The number of anilines is 1. The number of hydrogen-bond donors (Lipinski definition) is 2. The number of sulfonamides is 1. The second-order valence-corrected chi connectivity index (χ2v) is 6.52. The third-order valence-corrected chi connectivity index (χ3v) is 4.91. The Kier molecular flexibility index (Phi) is 3.99. The molecule has 1 saturated heterocycles. The minimum Gasteiger partial charge on any atom is -0.506 e. The summed E-state index contributed by atoms with van der Waals surface area (Å²) in [5, 5.41) is 9.48. The van der Waals surface area contributed by atoms with Gasteiger partial charge in [-0.2, -0.15) is 0 Å². The van der Waals surface area contributed by atoms with Crippen molar-refractivity contribution >= 4 is 27.3 Å². The van der Waals surface area contributed by atoms with Gasteiger partial charge in [-0.1, -0.05) is 11.6 Å². The van der Waals surface area contributed by atoms with Gasteiger partial charge in [-0.25, -0.2) is 8.42 Å². The number of aromatic hydroxyl groups is 1. The maximum atomic E-state index is 12.1. The number of benzene rings is 1. The van der Waals surface area contributed by atoms with Crippen LogP contribution in [0, 0.1) is 0 Å². The lowest BCUT2D eigenvalue weighted by atomic mass is 10.2. The summed E-state index contributed by atoms with van der Waals surface area (Å²) >= 11 is 5.68. The zero-order chi connectivity index (χ0) is 13.2. The maximum Gasteiger partial charge on any atom is 0.235 e. The number of nitrogens with one attached hydrogen (secondary N) is 1. The van der Waals surface area contributed by atoms with E-state index in [0.29, 0.717) is 31.1 Å². The first-order chi connectivity index (χ1) is 8.49. The van der Waals surface area contributed by atoms with Gasteiger partial charge in [0.25, 0.3) is 0 Å². The van der Waals surface area contributed by atoms with Crippen molar-refractivity contribution in [3.8, 4) is 5.75 Å². The molecule has 0 unspecified atom stereocenters. The molecule has 2 N–H and O–H groups in total. The van der Waals surface area contributed by atoms with E-state index in [2.05, 4.69) is 4.72 Å². The van der Waals surface area contributed by atoms with Gasteiger partial charge < -0.3 is 9.84 Å². The quantitative estimate of drug-likeness (QED) is 0.835. The number of rotatable bonds is 3. The van der Waals surface area contributed by atoms with Crippen molar-refractivity contribution in [1.82, 2.24) is 0 Å². The molecule has 0 aliphatic carbocycles. The van der Waals surface area contributed by atoms with Crippen LogP contribution in [0.1, 0.15) is 12.8 Å². The standard InChI is InChI=1S/C11H14ClNO4S/c12-8-1-2-10(11(14)7-8)13-18(15,16)9-3-5-17-6-4-9/h1-2,7,9,13-14H,3-6H2. The lowest BCUT2D eigenvalue weighted by molar-refractivity contribution is 0.0984. The molecule has 2 rings (SSSR count). The molecular weight excluding hydrogens is 278 g/mol. The number of halogens is 1. The number of hydrogen-bond acceptors (Lipinski definition) is 4. The Morgan fingerprint density at radius 2 is 2.00 bits per heavy atom. The zero-order valence-corrected chi connectivity index (χ0v) is 11.2. The fraction of sp³-hybridized carbons (Fsp3) is 0.455. The highest BCUT2D eigenvalue weighted by Crippen LogP contribution is 2.29. The van der Waals surface area contributed by atoms with Gasteiger partial charge in [-0.05, 0) is 25.0 Å². The van der Waals surface area contributed by atoms with Crippen molar-refractivity contribution in [2.75, 3.05) is 17.9 Å². The molecule has 100 valence electrons. The maximum absolute atomic E-state index is 12.1. The van der Waals surface area contributed by atoms with E-state index in [1.807, 2.05) is 0 Å². The van der Waals surface area contributed by atoms with E-state index in [0.717, 1.165) is 0 Å². The molecule has 0 spiro atoms. The largest absolute Gasteiger partial charge is 0.506 e. The highest BCUT2D eigenvalue weighted by Gasteiger charge is 2.28. The normalized spacial score (nSPS) is 17.6.